The lowest BCUT2D eigenvalue weighted by molar-refractivity contribution is 0.0401. The van der Waals surface area contributed by atoms with Crippen LogP contribution in [-0.4, -0.2) is 27.4 Å². The lowest BCUT2D eigenvalue weighted by atomic mass is 9.70. The fourth-order valence-corrected chi connectivity index (χ4v) is 4.56. The van der Waals surface area contributed by atoms with E-state index < -0.39 is 0 Å². The van der Waals surface area contributed by atoms with Crippen LogP contribution in [-0.2, 0) is 14.9 Å². The van der Waals surface area contributed by atoms with Gasteiger partial charge in [-0.05, 0) is 35.6 Å². The third-order valence-corrected chi connectivity index (χ3v) is 5.14. The fourth-order valence-electron chi connectivity index (χ4n) is 4.56. The highest BCUT2D eigenvalue weighted by Gasteiger charge is 2.44. The molecule has 0 aromatic heterocycles. The summed E-state index contributed by atoms with van der Waals surface area (Å²) >= 11 is 0. The summed E-state index contributed by atoms with van der Waals surface area (Å²) in [5, 5.41) is 0. The van der Waals surface area contributed by atoms with Gasteiger partial charge in [0.1, 0.15) is 0 Å². The highest BCUT2D eigenvalue weighted by molar-refractivity contribution is 5.91. The van der Waals surface area contributed by atoms with Gasteiger partial charge in [0.2, 0.25) is 0 Å². The number of allylic oxidation sites excluding steroid dienone is 3. The van der Waals surface area contributed by atoms with Gasteiger partial charge in [-0.2, -0.15) is 0 Å². The van der Waals surface area contributed by atoms with Gasteiger partial charge in [0.15, 0.2) is 0 Å². The number of fused-ring (bicyclic) bond motifs is 3. The van der Waals surface area contributed by atoms with E-state index in [0.717, 1.165) is 6.42 Å². The predicted molar refractivity (Wildman–Crippen MR) is 90.9 cm³/mol. The monoisotopic (exact) mass is 298 g/mol. The highest BCUT2D eigenvalue weighted by Crippen LogP contribution is 2.55. The van der Waals surface area contributed by atoms with Crippen molar-refractivity contribution >= 4 is 5.57 Å². The van der Waals surface area contributed by atoms with Crippen LogP contribution in [0.4, 0.5) is 0 Å². The predicted octanol–water partition coefficient (Wildman–Crippen LogP) is 4.36. The van der Waals surface area contributed by atoms with Crippen molar-refractivity contribution in [1.82, 2.24) is 0 Å². The molecule has 118 valence electrons. The zero-order valence-corrected chi connectivity index (χ0v) is 14.3. The van der Waals surface area contributed by atoms with Gasteiger partial charge in [-0.3, -0.25) is 0 Å². The maximum absolute atomic E-state index is 5.53. The largest absolute Gasteiger partial charge is 0.384 e. The maximum atomic E-state index is 5.53. The Hall–Kier alpha value is -1.38. The normalized spacial score (nSPS) is 21.4. The van der Waals surface area contributed by atoms with Crippen LogP contribution >= 0.6 is 0 Å². The van der Waals surface area contributed by atoms with E-state index in [2.05, 4.69) is 51.1 Å². The first kappa shape index (κ1) is 15.5. The van der Waals surface area contributed by atoms with Gasteiger partial charge < -0.3 is 9.47 Å². The first-order valence-electron chi connectivity index (χ1n) is 7.96. The first-order valence-corrected chi connectivity index (χ1v) is 7.96. The summed E-state index contributed by atoms with van der Waals surface area (Å²) < 4.78 is 11.1. The van der Waals surface area contributed by atoms with Gasteiger partial charge in [-0.1, -0.05) is 49.8 Å². The van der Waals surface area contributed by atoms with Crippen LogP contribution in [0.25, 0.3) is 5.57 Å². The summed E-state index contributed by atoms with van der Waals surface area (Å²) in [7, 11) is 3.55. The molecule has 0 saturated heterocycles. The number of hydrogen-bond donors (Lipinski definition) is 0. The quantitative estimate of drug-likeness (QED) is 0.822. The number of hydrogen-bond acceptors (Lipinski definition) is 2. The van der Waals surface area contributed by atoms with E-state index in [4.69, 9.17) is 9.47 Å². The highest BCUT2D eigenvalue weighted by atomic mass is 16.5. The van der Waals surface area contributed by atoms with Crippen LogP contribution in [0.3, 0.4) is 0 Å². The molecule has 2 nitrogen and oxygen atoms in total. The fraction of sp³-hybridized carbons (Fsp3) is 0.500. The standard InChI is InChI=1S/C20H26O2/c1-14-10-20(12-21-4,13-22-5)11-16-15-8-6-7-9-17(15)19(2,3)18(14)16/h6-9,11H,10,12-13H2,1-5H3. The van der Waals surface area contributed by atoms with Crippen LogP contribution in [0, 0.1) is 5.41 Å². The minimum atomic E-state index is -0.0556. The second kappa shape index (κ2) is 5.36. The Morgan fingerprint density at radius 3 is 2.32 bits per heavy atom. The van der Waals surface area contributed by atoms with Crippen molar-refractivity contribution in [2.75, 3.05) is 27.4 Å². The molecule has 0 spiro atoms. The Morgan fingerprint density at radius 1 is 1.05 bits per heavy atom. The molecular formula is C20H26O2. The van der Waals surface area contributed by atoms with E-state index in [0.29, 0.717) is 13.2 Å². The van der Waals surface area contributed by atoms with Gasteiger partial charge in [-0.25, -0.2) is 0 Å². The Morgan fingerprint density at radius 2 is 1.68 bits per heavy atom. The number of methoxy groups -OCH3 is 2. The molecule has 0 N–H and O–H groups in total. The second-order valence-electron chi connectivity index (χ2n) is 7.29. The minimum absolute atomic E-state index is 0.0556. The SMILES string of the molecule is COCC1(COC)C=C2C(=C(C)C1)C(C)(C)c1ccccc12. The van der Waals surface area contributed by atoms with Crippen molar-refractivity contribution in [1.29, 1.82) is 0 Å². The topological polar surface area (TPSA) is 18.5 Å². The maximum Gasteiger partial charge on any atom is 0.0578 e. The molecule has 22 heavy (non-hydrogen) atoms. The summed E-state index contributed by atoms with van der Waals surface area (Å²) in [6.45, 7) is 8.33. The Labute approximate surface area is 133 Å². The molecule has 1 aromatic rings. The molecule has 0 bridgehead atoms. The molecule has 2 heteroatoms. The molecule has 0 atom stereocenters. The van der Waals surface area contributed by atoms with Gasteiger partial charge in [-0.15, -0.1) is 0 Å². The van der Waals surface area contributed by atoms with Crippen LogP contribution in [0.2, 0.25) is 0 Å². The number of rotatable bonds is 4. The smallest absolute Gasteiger partial charge is 0.0578 e. The third-order valence-electron chi connectivity index (χ3n) is 5.14. The average molecular weight is 298 g/mol. The van der Waals surface area contributed by atoms with E-state index in [-0.39, 0.29) is 10.8 Å². The molecule has 3 rings (SSSR count). The molecule has 0 saturated carbocycles. The zero-order chi connectivity index (χ0) is 16.0. The molecule has 0 radical (unpaired) electrons. The molecule has 2 aliphatic carbocycles. The molecule has 2 aliphatic rings. The molecular weight excluding hydrogens is 272 g/mol. The van der Waals surface area contributed by atoms with Crippen LogP contribution in [0.15, 0.2) is 41.5 Å². The van der Waals surface area contributed by atoms with Crippen molar-refractivity contribution in [2.45, 2.75) is 32.6 Å². The van der Waals surface area contributed by atoms with Crippen molar-refractivity contribution in [2.24, 2.45) is 5.41 Å². The van der Waals surface area contributed by atoms with E-state index >= 15 is 0 Å². The molecule has 0 aliphatic heterocycles. The third kappa shape index (κ3) is 2.17. The first-order chi connectivity index (χ1) is 10.4. The second-order valence-corrected chi connectivity index (χ2v) is 7.29. The van der Waals surface area contributed by atoms with Crippen LogP contribution in [0.5, 0.6) is 0 Å². The van der Waals surface area contributed by atoms with Crippen molar-refractivity contribution in [3.05, 3.63) is 52.6 Å². The van der Waals surface area contributed by atoms with Crippen LogP contribution < -0.4 is 0 Å². The minimum Gasteiger partial charge on any atom is -0.384 e. The number of ether oxygens (including phenoxy) is 2. The van der Waals surface area contributed by atoms with E-state index in [1.807, 2.05) is 0 Å². The Bertz CT molecular complexity index is 643. The van der Waals surface area contributed by atoms with E-state index in [1.54, 1.807) is 14.2 Å². The molecule has 0 amide bonds. The zero-order valence-electron chi connectivity index (χ0n) is 14.3. The van der Waals surface area contributed by atoms with Gasteiger partial charge in [0.05, 0.1) is 13.2 Å². The lowest BCUT2D eigenvalue weighted by Crippen LogP contribution is -2.33. The van der Waals surface area contributed by atoms with Gasteiger partial charge >= 0.3 is 0 Å². The summed E-state index contributed by atoms with van der Waals surface area (Å²) in [6.07, 6.45) is 3.42. The number of benzene rings is 1. The van der Waals surface area contributed by atoms with Crippen molar-refractivity contribution < 1.29 is 9.47 Å². The van der Waals surface area contributed by atoms with Gasteiger partial charge in [0, 0.05) is 25.0 Å². The summed E-state index contributed by atoms with van der Waals surface area (Å²) in [5.74, 6) is 0. The molecule has 0 fully saturated rings. The summed E-state index contributed by atoms with van der Waals surface area (Å²) in [6, 6.07) is 8.80. The Balaban J connectivity index is 2.20. The Kier molecular flexibility index (Phi) is 3.78. The molecule has 1 aromatic carbocycles. The van der Waals surface area contributed by atoms with Crippen molar-refractivity contribution in [3.63, 3.8) is 0 Å². The molecule has 0 heterocycles. The van der Waals surface area contributed by atoms with Crippen LogP contribution in [0.1, 0.15) is 38.3 Å². The van der Waals surface area contributed by atoms with Gasteiger partial charge in [0.25, 0.3) is 0 Å². The van der Waals surface area contributed by atoms with E-state index in [9.17, 15) is 0 Å². The average Bonchev–Trinajstić information content (AvgIpc) is 2.68. The van der Waals surface area contributed by atoms with E-state index in [1.165, 1.54) is 27.8 Å². The summed E-state index contributed by atoms with van der Waals surface area (Å²) in [4.78, 5) is 0. The lowest BCUT2D eigenvalue weighted by Gasteiger charge is -2.37. The van der Waals surface area contributed by atoms with Crippen molar-refractivity contribution in [3.8, 4) is 0 Å². The molecule has 0 unspecified atom stereocenters. The summed E-state index contributed by atoms with van der Waals surface area (Å²) in [5.41, 5.74) is 7.18.